The zero-order valence-electron chi connectivity index (χ0n) is 13.9. The Labute approximate surface area is 137 Å². The highest BCUT2D eigenvalue weighted by atomic mass is 15.3. The van der Waals surface area contributed by atoms with Crippen LogP contribution in [0.5, 0.6) is 0 Å². The van der Waals surface area contributed by atoms with Crippen molar-refractivity contribution >= 4 is 11.2 Å². The third kappa shape index (κ3) is 3.11. The lowest BCUT2D eigenvalue weighted by Crippen LogP contribution is -2.45. The van der Waals surface area contributed by atoms with Crippen LogP contribution >= 0.6 is 0 Å². The highest BCUT2D eigenvalue weighted by molar-refractivity contribution is 5.71. The summed E-state index contributed by atoms with van der Waals surface area (Å²) in [6.07, 6.45) is 3.06. The molecule has 0 amide bonds. The minimum absolute atomic E-state index is 0.525. The van der Waals surface area contributed by atoms with E-state index in [1.165, 1.54) is 25.3 Å². The molecule has 0 saturated carbocycles. The maximum atomic E-state index is 4.90. The highest BCUT2D eigenvalue weighted by Crippen LogP contribution is 2.25. The van der Waals surface area contributed by atoms with Gasteiger partial charge in [-0.1, -0.05) is 0 Å². The van der Waals surface area contributed by atoms with E-state index in [0.717, 1.165) is 50.4 Å². The van der Waals surface area contributed by atoms with Gasteiger partial charge in [-0.2, -0.15) is 0 Å². The molecule has 2 aliphatic heterocycles. The van der Waals surface area contributed by atoms with Gasteiger partial charge in [0.1, 0.15) is 11.3 Å². The van der Waals surface area contributed by atoms with E-state index in [-0.39, 0.29) is 0 Å². The minimum atomic E-state index is 0.525. The topological polar surface area (TPSA) is 49.2 Å². The normalized spacial score (nSPS) is 23.8. The summed E-state index contributed by atoms with van der Waals surface area (Å²) in [5.41, 5.74) is 2.08. The summed E-state index contributed by atoms with van der Waals surface area (Å²) < 4.78 is 2.37. The minimum Gasteiger partial charge on any atom is -0.316 e. The van der Waals surface area contributed by atoms with Crippen molar-refractivity contribution in [2.75, 3.05) is 52.9 Å². The molecule has 0 bridgehead atoms. The van der Waals surface area contributed by atoms with Gasteiger partial charge in [0.05, 0.1) is 0 Å². The van der Waals surface area contributed by atoms with Crippen molar-refractivity contribution in [2.45, 2.75) is 18.9 Å². The number of likely N-dealkylation sites (N-methyl/N-ethyl adjacent to an activating group) is 1. The van der Waals surface area contributed by atoms with Crippen LogP contribution in [-0.4, -0.2) is 77.2 Å². The molecular formula is C17H26N6. The Bertz CT molecular complexity index is 652. The number of nitrogens with zero attached hydrogens (tertiary/aromatic N) is 5. The van der Waals surface area contributed by atoms with E-state index in [1.807, 2.05) is 12.3 Å². The molecule has 1 atom stereocenters. The van der Waals surface area contributed by atoms with Crippen molar-refractivity contribution < 1.29 is 0 Å². The average Bonchev–Trinajstić information content (AvgIpc) is 3.22. The van der Waals surface area contributed by atoms with Crippen LogP contribution in [-0.2, 0) is 6.54 Å². The van der Waals surface area contributed by atoms with Crippen molar-refractivity contribution in [3.63, 3.8) is 0 Å². The molecule has 1 unspecified atom stereocenters. The average molecular weight is 314 g/mol. The second-order valence-electron chi connectivity index (χ2n) is 6.80. The first kappa shape index (κ1) is 15.1. The smallest absolute Gasteiger partial charge is 0.160 e. The zero-order chi connectivity index (χ0) is 15.6. The van der Waals surface area contributed by atoms with Gasteiger partial charge in [-0.05, 0) is 32.1 Å². The fourth-order valence-corrected chi connectivity index (χ4v) is 3.70. The monoisotopic (exact) mass is 314 g/mol. The van der Waals surface area contributed by atoms with Gasteiger partial charge in [0.15, 0.2) is 5.65 Å². The van der Waals surface area contributed by atoms with Crippen molar-refractivity contribution in [1.82, 2.24) is 29.7 Å². The Kier molecular flexibility index (Phi) is 4.29. The molecule has 6 nitrogen and oxygen atoms in total. The lowest BCUT2D eigenvalue weighted by molar-refractivity contribution is 0.150. The molecule has 2 aliphatic rings. The summed E-state index contributed by atoms with van der Waals surface area (Å²) >= 11 is 0. The molecule has 124 valence electrons. The quantitative estimate of drug-likeness (QED) is 0.903. The van der Waals surface area contributed by atoms with Gasteiger partial charge in [0.2, 0.25) is 0 Å². The molecular weight excluding hydrogens is 288 g/mol. The molecule has 4 rings (SSSR count). The number of pyridine rings is 1. The summed E-state index contributed by atoms with van der Waals surface area (Å²) in [5, 5.41) is 3.46. The van der Waals surface area contributed by atoms with Crippen molar-refractivity contribution in [3.05, 3.63) is 24.2 Å². The van der Waals surface area contributed by atoms with E-state index in [9.17, 15) is 0 Å². The fourth-order valence-electron chi connectivity index (χ4n) is 3.70. The second kappa shape index (κ2) is 6.55. The molecule has 0 aromatic carbocycles. The lowest BCUT2D eigenvalue weighted by Gasteiger charge is -2.32. The molecule has 6 heteroatoms. The highest BCUT2D eigenvalue weighted by Gasteiger charge is 2.24. The molecule has 2 aromatic heterocycles. The van der Waals surface area contributed by atoms with E-state index in [0.29, 0.717) is 5.92 Å². The number of piperazine rings is 1. The number of imidazole rings is 1. The van der Waals surface area contributed by atoms with Crippen molar-refractivity contribution in [2.24, 2.45) is 0 Å². The molecule has 1 N–H and O–H groups in total. The Balaban J connectivity index is 1.55. The third-order valence-corrected chi connectivity index (χ3v) is 5.19. The number of aromatic nitrogens is 3. The van der Waals surface area contributed by atoms with Crippen molar-refractivity contribution in [3.8, 4) is 0 Å². The van der Waals surface area contributed by atoms with Gasteiger partial charge < -0.3 is 14.8 Å². The SMILES string of the molecule is CN1CCN(CCn2c(C3CCNC3)nc3cccnc32)CC1. The summed E-state index contributed by atoms with van der Waals surface area (Å²) in [7, 11) is 2.20. The Hall–Kier alpha value is -1.50. The van der Waals surface area contributed by atoms with Crippen LogP contribution in [0, 0.1) is 0 Å². The fraction of sp³-hybridized carbons (Fsp3) is 0.647. The summed E-state index contributed by atoms with van der Waals surface area (Å²) in [5.74, 6) is 1.74. The summed E-state index contributed by atoms with van der Waals surface area (Å²) in [4.78, 5) is 14.5. The lowest BCUT2D eigenvalue weighted by atomic mass is 10.1. The van der Waals surface area contributed by atoms with Gasteiger partial charge in [-0.15, -0.1) is 0 Å². The van der Waals surface area contributed by atoms with Crippen LogP contribution in [0.25, 0.3) is 11.2 Å². The van der Waals surface area contributed by atoms with E-state index in [2.05, 4.69) is 37.8 Å². The number of fused-ring (bicyclic) bond motifs is 1. The third-order valence-electron chi connectivity index (χ3n) is 5.19. The Morgan fingerprint density at radius 1 is 1.22 bits per heavy atom. The first-order valence-electron chi connectivity index (χ1n) is 8.74. The number of hydrogen-bond donors (Lipinski definition) is 1. The van der Waals surface area contributed by atoms with Crippen LogP contribution < -0.4 is 5.32 Å². The summed E-state index contributed by atoms with van der Waals surface area (Å²) in [6, 6.07) is 4.07. The maximum Gasteiger partial charge on any atom is 0.160 e. The largest absolute Gasteiger partial charge is 0.316 e. The van der Waals surface area contributed by atoms with Crippen molar-refractivity contribution in [1.29, 1.82) is 0 Å². The molecule has 2 saturated heterocycles. The van der Waals surface area contributed by atoms with Crippen LogP contribution in [0.1, 0.15) is 18.2 Å². The van der Waals surface area contributed by atoms with Crippen LogP contribution in [0.15, 0.2) is 18.3 Å². The van der Waals surface area contributed by atoms with E-state index >= 15 is 0 Å². The molecule has 0 aliphatic carbocycles. The van der Waals surface area contributed by atoms with Crippen LogP contribution in [0.4, 0.5) is 0 Å². The predicted octanol–water partition coefficient (Wildman–Crippen LogP) is 0.756. The van der Waals surface area contributed by atoms with E-state index < -0.39 is 0 Å². The van der Waals surface area contributed by atoms with Gasteiger partial charge in [0.25, 0.3) is 0 Å². The second-order valence-corrected chi connectivity index (χ2v) is 6.80. The molecule has 0 radical (unpaired) electrons. The molecule has 23 heavy (non-hydrogen) atoms. The number of nitrogens with one attached hydrogen (secondary N) is 1. The zero-order valence-corrected chi connectivity index (χ0v) is 13.9. The van der Waals surface area contributed by atoms with E-state index in [4.69, 9.17) is 4.98 Å². The molecule has 2 aromatic rings. The number of rotatable bonds is 4. The first-order chi connectivity index (χ1) is 11.3. The Morgan fingerprint density at radius 2 is 2.09 bits per heavy atom. The van der Waals surface area contributed by atoms with E-state index in [1.54, 1.807) is 0 Å². The standard InChI is InChI=1S/C17H26N6/c1-21-7-9-22(10-8-21)11-12-23-16(14-4-6-18-13-14)20-15-3-2-5-19-17(15)23/h2-3,5,14,18H,4,6-13H2,1H3. The van der Waals surface area contributed by atoms with Gasteiger partial charge >= 0.3 is 0 Å². The molecule has 4 heterocycles. The van der Waals surface area contributed by atoms with Gasteiger partial charge in [-0.3, -0.25) is 4.90 Å². The predicted molar refractivity (Wildman–Crippen MR) is 91.7 cm³/mol. The van der Waals surface area contributed by atoms with Gasteiger partial charge in [0, 0.05) is 57.9 Å². The summed E-state index contributed by atoms with van der Waals surface area (Å²) in [6.45, 7) is 8.88. The number of hydrogen-bond acceptors (Lipinski definition) is 5. The molecule has 0 spiro atoms. The van der Waals surface area contributed by atoms with Gasteiger partial charge in [-0.25, -0.2) is 9.97 Å². The Morgan fingerprint density at radius 3 is 2.87 bits per heavy atom. The first-order valence-corrected chi connectivity index (χ1v) is 8.74. The van der Waals surface area contributed by atoms with Crippen LogP contribution in [0.3, 0.4) is 0 Å². The maximum absolute atomic E-state index is 4.90. The molecule has 2 fully saturated rings. The van der Waals surface area contributed by atoms with Crippen LogP contribution in [0.2, 0.25) is 0 Å².